The quantitative estimate of drug-likeness (QED) is 0.838. The number of benzene rings is 1. The minimum atomic E-state index is -0.447. The molecule has 3 rings (SSSR count). The van der Waals surface area contributed by atoms with Crippen LogP contribution in [0.5, 0.6) is 0 Å². The first-order valence-corrected chi connectivity index (χ1v) is 8.17. The number of pyridine rings is 1. The van der Waals surface area contributed by atoms with Gasteiger partial charge in [-0.15, -0.1) is 0 Å². The predicted molar refractivity (Wildman–Crippen MR) is 98.8 cm³/mol. The molecule has 25 heavy (non-hydrogen) atoms. The maximum absolute atomic E-state index is 12.3. The van der Waals surface area contributed by atoms with Crippen LogP contribution in [-0.2, 0) is 9.31 Å². The van der Waals surface area contributed by atoms with Gasteiger partial charge in [0.1, 0.15) is 11.6 Å². The summed E-state index contributed by atoms with van der Waals surface area (Å²) >= 11 is 0. The molecule has 3 N–H and O–H groups in total. The van der Waals surface area contributed by atoms with Gasteiger partial charge in [0, 0.05) is 5.56 Å². The zero-order valence-electron chi connectivity index (χ0n) is 14.9. The van der Waals surface area contributed by atoms with E-state index >= 15 is 0 Å². The van der Waals surface area contributed by atoms with Gasteiger partial charge in [-0.2, -0.15) is 0 Å². The summed E-state index contributed by atoms with van der Waals surface area (Å²) in [4.78, 5) is 16.4. The molecule has 0 saturated carbocycles. The van der Waals surface area contributed by atoms with Gasteiger partial charge in [-0.1, -0.05) is 18.2 Å². The van der Waals surface area contributed by atoms with E-state index < -0.39 is 18.3 Å². The second-order valence-corrected chi connectivity index (χ2v) is 7.11. The molecule has 1 saturated heterocycles. The third-order valence-corrected chi connectivity index (χ3v) is 4.71. The molecule has 1 aliphatic rings. The van der Waals surface area contributed by atoms with Gasteiger partial charge in [-0.05, 0) is 57.4 Å². The highest BCUT2D eigenvalue weighted by Crippen LogP contribution is 2.36. The molecule has 0 radical (unpaired) electrons. The Hall–Kier alpha value is -2.38. The first kappa shape index (κ1) is 17.4. The van der Waals surface area contributed by atoms with Gasteiger partial charge in [0.2, 0.25) is 0 Å². The number of amides is 1. The molecule has 1 fully saturated rings. The lowest BCUT2D eigenvalue weighted by atomic mass is 9.79. The van der Waals surface area contributed by atoms with E-state index in [1.807, 2.05) is 39.8 Å². The molecule has 6 nitrogen and oxygen atoms in total. The maximum atomic E-state index is 12.3. The number of carbonyl (C=O) groups is 1. The van der Waals surface area contributed by atoms with Crippen LogP contribution in [0.2, 0.25) is 0 Å². The van der Waals surface area contributed by atoms with E-state index in [1.165, 1.54) is 0 Å². The van der Waals surface area contributed by atoms with Crippen molar-refractivity contribution in [2.75, 3.05) is 11.1 Å². The summed E-state index contributed by atoms with van der Waals surface area (Å²) in [6.07, 6.45) is 0. The van der Waals surface area contributed by atoms with Gasteiger partial charge in [-0.3, -0.25) is 4.79 Å². The Balaban J connectivity index is 1.71. The topological polar surface area (TPSA) is 86.5 Å². The second-order valence-electron chi connectivity index (χ2n) is 7.11. The van der Waals surface area contributed by atoms with Crippen LogP contribution in [-0.4, -0.2) is 29.2 Å². The summed E-state index contributed by atoms with van der Waals surface area (Å²) in [7, 11) is -0.447. The molecule has 7 heteroatoms. The summed E-state index contributed by atoms with van der Waals surface area (Å²) in [5.41, 5.74) is 6.21. The SMILES string of the molecule is CC1(C)OB(c2ccc(C(=O)Nc3cccc(N)n3)cc2)OC1(C)C. The van der Waals surface area contributed by atoms with Crippen molar-refractivity contribution < 1.29 is 14.1 Å². The third kappa shape index (κ3) is 3.52. The van der Waals surface area contributed by atoms with Crippen LogP contribution >= 0.6 is 0 Å². The van der Waals surface area contributed by atoms with E-state index in [-0.39, 0.29) is 5.91 Å². The van der Waals surface area contributed by atoms with E-state index in [2.05, 4.69) is 10.3 Å². The maximum Gasteiger partial charge on any atom is 0.494 e. The van der Waals surface area contributed by atoms with Crippen LogP contribution < -0.4 is 16.5 Å². The molecule has 1 aromatic carbocycles. The average Bonchev–Trinajstić information content (AvgIpc) is 2.75. The van der Waals surface area contributed by atoms with Crippen LogP contribution in [0.15, 0.2) is 42.5 Å². The Kier molecular flexibility index (Phi) is 4.30. The minimum Gasteiger partial charge on any atom is -0.399 e. The van der Waals surface area contributed by atoms with Crippen LogP contribution in [0.1, 0.15) is 38.1 Å². The molecular weight excluding hydrogens is 317 g/mol. The van der Waals surface area contributed by atoms with E-state index in [9.17, 15) is 4.79 Å². The van der Waals surface area contributed by atoms with Crippen molar-refractivity contribution in [3.05, 3.63) is 48.0 Å². The largest absolute Gasteiger partial charge is 0.494 e. The van der Waals surface area contributed by atoms with E-state index in [0.29, 0.717) is 17.2 Å². The normalized spacial score (nSPS) is 18.2. The number of aromatic nitrogens is 1. The van der Waals surface area contributed by atoms with Crippen molar-refractivity contribution in [3.63, 3.8) is 0 Å². The first-order valence-electron chi connectivity index (χ1n) is 8.17. The number of carbonyl (C=O) groups excluding carboxylic acids is 1. The third-order valence-electron chi connectivity index (χ3n) is 4.71. The summed E-state index contributed by atoms with van der Waals surface area (Å²) in [5.74, 6) is 0.521. The molecule has 1 amide bonds. The molecule has 2 heterocycles. The van der Waals surface area contributed by atoms with Crippen molar-refractivity contribution in [1.29, 1.82) is 0 Å². The highest BCUT2D eigenvalue weighted by Gasteiger charge is 2.51. The minimum absolute atomic E-state index is 0.251. The van der Waals surface area contributed by atoms with Crippen molar-refractivity contribution in [2.24, 2.45) is 0 Å². The molecule has 0 bridgehead atoms. The molecule has 130 valence electrons. The van der Waals surface area contributed by atoms with Crippen LogP contribution in [0.3, 0.4) is 0 Å². The van der Waals surface area contributed by atoms with Crippen LogP contribution in [0, 0.1) is 0 Å². The molecule has 2 aromatic rings. The first-order chi connectivity index (χ1) is 11.7. The molecular formula is C18H22BN3O3. The Labute approximate surface area is 147 Å². The number of hydrogen-bond donors (Lipinski definition) is 2. The molecule has 0 unspecified atom stereocenters. The van der Waals surface area contributed by atoms with Gasteiger partial charge in [-0.25, -0.2) is 4.98 Å². The number of nitrogens with one attached hydrogen (secondary N) is 1. The number of rotatable bonds is 3. The zero-order valence-corrected chi connectivity index (χ0v) is 14.9. The summed E-state index contributed by atoms with van der Waals surface area (Å²) in [5, 5.41) is 2.72. The van der Waals surface area contributed by atoms with Crippen molar-refractivity contribution in [1.82, 2.24) is 4.98 Å². The Bertz CT molecular complexity index is 774. The standard InChI is InChI=1S/C18H22BN3O3/c1-17(2)18(3,4)25-19(24-17)13-10-8-12(9-11-13)16(23)22-15-7-5-6-14(20)21-15/h5-11H,1-4H3,(H3,20,21,22,23). The highest BCUT2D eigenvalue weighted by molar-refractivity contribution is 6.62. The van der Waals surface area contributed by atoms with E-state index in [4.69, 9.17) is 15.0 Å². The number of anilines is 2. The van der Waals surface area contributed by atoms with Crippen LogP contribution in [0.25, 0.3) is 0 Å². The smallest absolute Gasteiger partial charge is 0.399 e. The van der Waals surface area contributed by atoms with Gasteiger partial charge in [0.05, 0.1) is 11.2 Å². The number of hydrogen-bond acceptors (Lipinski definition) is 5. The van der Waals surface area contributed by atoms with Gasteiger partial charge in [0.15, 0.2) is 0 Å². The monoisotopic (exact) mass is 339 g/mol. The number of nitrogens with two attached hydrogens (primary N) is 1. The summed E-state index contributed by atoms with van der Waals surface area (Å²) < 4.78 is 12.0. The summed E-state index contributed by atoms with van der Waals surface area (Å²) in [6, 6.07) is 12.2. The van der Waals surface area contributed by atoms with Crippen molar-refractivity contribution >= 4 is 30.1 Å². The average molecular weight is 339 g/mol. The lowest BCUT2D eigenvalue weighted by Crippen LogP contribution is -2.41. The van der Waals surface area contributed by atoms with Crippen LogP contribution in [0.4, 0.5) is 11.6 Å². The van der Waals surface area contributed by atoms with Gasteiger partial charge < -0.3 is 20.4 Å². The van der Waals surface area contributed by atoms with Crippen molar-refractivity contribution in [2.45, 2.75) is 38.9 Å². The molecule has 1 aromatic heterocycles. The van der Waals surface area contributed by atoms with Gasteiger partial charge in [0.25, 0.3) is 5.91 Å². The number of nitrogen functional groups attached to an aromatic ring is 1. The second kappa shape index (κ2) is 6.17. The van der Waals surface area contributed by atoms with E-state index in [0.717, 1.165) is 5.46 Å². The van der Waals surface area contributed by atoms with E-state index in [1.54, 1.807) is 30.3 Å². The fourth-order valence-electron chi connectivity index (χ4n) is 2.48. The Morgan fingerprint density at radius 1 is 1.04 bits per heavy atom. The van der Waals surface area contributed by atoms with Crippen molar-refractivity contribution in [3.8, 4) is 0 Å². The molecule has 0 atom stereocenters. The Morgan fingerprint density at radius 3 is 2.20 bits per heavy atom. The predicted octanol–water partition coefficient (Wildman–Crippen LogP) is 2.22. The fourth-order valence-corrected chi connectivity index (χ4v) is 2.48. The lowest BCUT2D eigenvalue weighted by Gasteiger charge is -2.32. The fraction of sp³-hybridized carbons (Fsp3) is 0.333. The highest BCUT2D eigenvalue weighted by atomic mass is 16.7. The molecule has 1 aliphatic heterocycles. The summed E-state index contributed by atoms with van der Waals surface area (Å²) in [6.45, 7) is 8.03. The lowest BCUT2D eigenvalue weighted by molar-refractivity contribution is 0.00578. The van der Waals surface area contributed by atoms with Gasteiger partial charge >= 0.3 is 7.12 Å². The molecule has 0 spiro atoms. The zero-order chi connectivity index (χ0) is 18.2. The number of nitrogens with zero attached hydrogens (tertiary/aromatic N) is 1. The Morgan fingerprint density at radius 2 is 1.64 bits per heavy atom. The molecule has 0 aliphatic carbocycles.